The molecule has 4 rings (SSSR count). The highest BCUT2D eigenvalue weighted by molar-refractivity contribution is 6.05. The molecule has 1 aromatic carbocycles. The number of pyridine rings is 1. The van der Waals surface area contributed by atoms with Crippen LogP contribution in [0.1, 0.15) is 30.4 Å². The summed E-state index contributed by atoms with van der Waals surface area (Å²) in [5, 5.41) is 20.2. The molecule has 2 aliphatic rings. The highest BCUT2D eigenvalue weighted by Crippen LogP contribution is 2.33. The molecule has 7 heteroatoms. The summed E-state index contributed by atoms with van der Waals surface area (Å²) in [4.78, 5) is 21.2. The second-order valence-corrected chi connectivity index (χ2v) is 7.29. The van der Waals surface area contributed by atoms with Crippen LogP contribution in [0.2, 0.25) is 0 Å². The van der Waals surface area contributed by atoms with Gasteiger partial charge in [0.25, 0.3) is 5.91 Å². The molecule has 1 saturated carbocycles. The van der Waals surface area contributed by atoms with E-state index in [2.05, 4.69) is 9.98 Å². The lowest BCUT2D eigenvalue weighted by Crippen LogP contribution is -2.31. The number of aliphatic imine (C=N–C) groups is 1. The SMILES string of the molecule is NC1=Nc2cc(-c3cncc(CO)c3)ccc2C=C(C(=O)N(O)CC2CC2)C1. The molecule has 1 aliphatic carbocycles. The predicted molar refractivity (Wildman–Crippen MR) is 106 cm³/mol. The number of aliphatic hydroxyl groups is 1. The Hall–Kier alpha value is -3.03. The number of amidine groups is 1. The Morgan fingerprint density at radius 1 is 1.21 bits per heavy atom. The fourth-order valence-corrected chi connectivity index (χ4v) is 3.23. The van der Waals surface area contributed by atoms with Crippen molar-refractivity contribution in [3.8, 4) is 11.1 Å². The van der Waals surface area contributed by atoms with Crippen LogP contribution in [-0.2, 0) is 11.4 Å². The lowest BCUT2D eigenvalue weighted by Gasteiger charge is -2.16. The van der Waals surface area contributed by atoms with E-state index in [4.69, 9.17) is 5.73 Å². The second-order valence-electron chi connectivity index (χ2n) is 7.29. The van der Waals surface area contributed by atoms with Crippen LogP contribution < -0.4 is 5.73 Å². The van der Waals surface area contributed by atoms with Gasteiger partial charge in [-0.15, -0.1) is 0 Å². The van der Waals surface area contributed by atoms with Crippen LogP contribution in [0.3, 0.4) is 0 Å². The molecule has 1 amide bonds. The number of hydroxylamine groups is 2. The number of carbonyl (C=O) groups excluding carboxylic acids is 1. The minimum Gasteiger partial charge on any atom is -0.392 e. The molecular weight excluding hydrogens is 356 g/mol. The number of nitrogens with zero attached hydrogens (tertiary/aromatic N) is 3. The topological polar surface area (TPSA) is 112 Å². The fourth-order valence-electron chi connectivity index (χ4n) is 3.23. The number of hydrogen-bond acceptors (Lipinski definition) is 6. The van der Waals surface area contributed by atoms with E-state index in [1.54, 1.807) is 18.5 Å². The summed E-state index contributed by atoms with van der Waals surface area (Å²) in [5.41, 5.74) is 10.3. The summed E-state index contributed by atoms with van der Waals surface area (Å²) in [7, 11) is 0. The van der Waals surface area contributed by atoms with Crippen LogP contribution in [0, 0.1) is 5.92 Å². The van der Waals surface area contributed by atoms with Gasteiger partial charge in [-0.05, 0) is 48.1 Å². The largest absolute Gasteiger partial charge is 0.392 e. The molecular formula is C21H22N4O3. The Morgan fingerprint density at radius 3 is 2.79 bits per heavy atom. The van der Waals surface area contributed by atoms with Crippen molar-refractivity contribution in [2.24, 2.45) is 16.6 Å². The van der Waals surface area contributed by atoms with Gasteiger partial charge in [0.05, 0.1) is 18.8 Å². The molecule has 28 heavy (non-hydrogen) atoms. The van der Waals surface area contributed by atoms with Crippen LogP contribution in [0.5, 0.6) is 0 Å². The summed E-state index contributed by atoms with van der Waals surface area (Å²) < 4.78 is 0. The summed E-state index contributed by atoms with van der Waals surface area (Å²) in [5.74, 6) is 0.281. The van der Waals surface area contributed by atoms with Crippen LogP contribution in [0.4, 0.5) is 5.69 Å². The van der Waals surface area contributed by atoms with Crippen molar-refractivity contribution >= 4 is 23.5 Å². The number of aromatic nitrogens is 1. The van der Waals surface area contributed by atoms with E-state index >= 15 is 0 Å². The number of nitrogens with two attached hydrogens (primary N) is 1. The number of hydrogen-bond donors (Lipinski definition) is 3. The molecule has 0 unspecified atom stereocenters. The average molecular weight is 378 g/mol. The maximum atomic E-state index is 12.6. The lowest BCUT2D eigenvalue weighted by atomic mass is 10.0. The Morgan fingerprint density at radius 2 is 2.04 bits per heavy atom. The van der Waals surface area contributed by atoms with Crippen LogP contribution >= 0.6 is 0 Å². The van der Waals surface area contributed by atoms with Crippen molar-refractivity contribution in [3.63, 3.8) is 0 Å². The van der Waals surface area contributed by atoms with Crippen LogP contribution in [0.15, 0.2) is 47.2 Å². The molecule has 1 fully saturated rings. The van der Waals surface area contributed by atoms with Gasteiger partial charge in [-0.25, -0.2) is 10.1 Å². The van der Waals surface area contributed by atoms with Gasteiger partial charge < -0.3 is 10.8 Å². The zero-order valence-electron chi connectivity index (χ0n) is 15.4. The molecule has 0 bridgehead atoms. The number of amides is 1. The molecule has 7 nitrogen and oxygen atoms in total. The van der Waals surface area contributed by atoms with Crippen molar-refractivity contribution < 1.29 is 15.1 Å². The first kappa shape index (κ1) is 18.3. The molecule has 2 heterocycles. The second kappa shape index (κ2) is 7.53. The zero-order chi connectivity index (χ0) is 19.7. The van der Waals surface area contributed by atoms with Crippen molar-refractivity contribution in [3.05, 3.63) is 53.4 Å². The Bertz CT molecular complexity index is 979. The quantitative estimate of drug-likeness (QED) is 0.547. The van der Waals surface area contributed by atoms with E-state index < -0.39 is 5.91 Å². The summed E-state index contributed by atoms with van der Waals surface area (Å²) in [6.07, 6.45) is 7.36. The van der Waals surface area contributed by atoms with E-state index in [1.807, 2.05) is 24.3 Å². The van der Waals surface area contributed by atoms with Crippen molar-refractivity contribution in [1.29, 1.82) is 0 Å². The Labute approximate surface area is 162 Å². The fraction of sp³-hybridized carbons (Fsp3) is 0.286. The summed E-state index contributed by atoms with van der Waals surface area (Å²) in [6, 6.07) is 7.53. The molecule has 4 N–H and O–H groups in total. The van der Waals surface area contributed by atoms with Crippen molar-refractivity contribution in [2.45, 2.75) is 25.9 Å². The van der Waals surface area contributed by atoms with Gasteiger partial charge in [-0.3, -0.25) is 15.0 Å². The van der Waals surface area contributed by atoms with Gasteiger partial charge >= 0.3 is 0 Å². The lowest BCUT2D eigenvalue weighted by molar-refractivity contribution is -0.161. The molecule has 0 spiro atoms. The van der Waals surface area contributed by atoms with E-state index in [0.29, 0.717) is 29.6 Å². The third-order valence-electron chi connectivity index (χ3n) is 4.94. The number of rotatable bonds is 5. The minimum absolute atomic E-state index is 0.0798. The minimum atomic E-state index is -0.429. The van der Waals surface area contributed by atoms with Gasteiger partial charge in [-0.1, -0.05) is 12.1 Å². The van der Waals surface area contributed by atoms with E-state index in [0.717, 1.165) is 40.2 Å². The van der Waals surface area contributed by atoms with Gasteiger partial charge in [-0.2, -0.15) is 0 Å². The molecule has 2 aromatic rings. The maximum absolute atomic E-state index is 12.6. The van der Waals surface area contributed by atoms with Crippen molar-refractivity contribution in [1.82, 2.24) is 10.0 Å². The Kier molecular flexibility index (Phi) is 4.93. The summed E-state index contributed by atoms with van der Waals surface area (Å²) >= 11 is 0. The smallest absolute Gasteiger partial charge is 0.273 e. The van der Waals surface area contributed by atoms with E-state index in [-0.39, 0.29) is 13.0 Å². The standard InChI is InChI=1S/C21H22N4O3/c22-20-8-17(21(27)25(28)11-13-1-2-13)6-16-4-3-15(7-19(16)24-20)18-5-14(12-26)9-23-10-18/h3-7,9-10,13,26,28H,1-2,8,11-12H2,(H2,22,24). The summed E-state index contributed by atoms with van der Waals surface area (Å²) in [6.45, 7) is 0.275. The normalized spacial score (nSPS) is 15.9. The maximum Gasteiger partial charge on any atom is 0.273 e. The molecule has 1 aliphatic heterocycles. The Balaban J connectivity index is 1.66. The molecule has 0 atom stereocenters. The van der Waals surface area contributed by atoms with Crippen LogP contribution in [0.25, 0.3) is 17.2 Å². The third kappa shape index (κ3) is 3.95. The molecule has 0 radical (unpaired) electrons. The number of aliphatic hydroxyl groups excluding tert-OH is 1. The predicted octanol–water partition coefficient (Wildman–Crippen LogP) is 2.64. The van der Waals surface area contributed by atoms with Gasteiger partial charge in [0.2, 0.25) is 0 Å². The van der Waals surface area contributed by atoms with E-state index in [1.165, 1.54) is 0 Å². The first-order valence-corrected chi connectivity index (χ1v) is 9.27. The number of carbonyl (C=O) groups is 1. The zero-order valence-corrected chi connectivity index (χ0v) is 15.4. The van der Waals surface area contributed by atoms with Crippen molar-refractivity contribution in [2.75, 3.05) is 6.54 Å². The first-order chi connectivity index (χ1) is 13.5. The molecule has 0 saturated heterocycles. The molecule has 1 aromatic heterocycles. The monoisotopic (exact) mass is 378 g/mol. The highest BCUT2D eigenvalue weighted by atomic mass is 16.5. The number of fused-ring (bicyclic) bond motifs is 1. The molecule has 144 valence electrons. The van der Waals surface area contributed by atoms with E-state index in [9.17, 15) is 15.1 Å². The van der Waals surface area contributed by atoms with Gasteiger partial charge in [0.15, 0.2) is 0 Å². The van der Waals surface area contributed by atoms with Gasteiger partial charge in [0.1, 0.15) is 5.84 Å². The van der Waals surface area contributed by atoms with Gasteiger partial charge in [0, 0.05) is 35.5 Å². The number of benzene rings is 1. The first-order valence-electron chi connectivity index (χ1n) is 9.27. The van der Waals surface area contributed by atoms with Crippen LogP contribution in [-0.4, -0.2) is 38.6 Å². The highest BCUT2D eigenvalue weighted by Gasteiger charge is 2.28. The average Bonchev–Trinajstić information content (AvgIpc) is 3.53. The third-order valence-corrected chi connectivity index (χ3v) is 4.94.